The molecule has 0 aliphatic carbocycles. The topological polar surface area (TPSA) is 106 Å². The van der Waals surface area contributed by atoms with Crippen molar-refractivity contribution < 1.29 is 4.74 Å². The Morgan fingerprint density at radius 3 is 2.97 bits per heavy atom. The second kappa shape index (κ2) is 9.31. The molecular weight excluding hydrogens is 382 g/mol. The van der Waals surface area contributed by atoms with Gasteiger partial charge in [0.05, 0.1) is 18.8 Å². The second-order valence-corrected chi connectivity index (χ2v) is 7.30. The van der Waals surface area contributed by atoms with E-state index < -0.39 is 0 Å². The fourth-order valence-electron chi connectivity index (χ4n) is 3.67. The molecule has 1 atom stereocenters. The van der Waals surface area contributed by atoms with E-state index >= 15 is 0 Å². The minimum atomic E-state index is 0.436. The quantitative estimate of drug-likeness (QED) is 0.538. The van der Waals surface area contributed by atoms with Crippen LogP contribution in [0, 0.1) is 6.92 Å². The Hall–Kier alpha value is -2.85. The van der Waals surface area contributed by atoms with Gasteiger partial charge in [0.1, 0.15) is 23.2 Å². The molecule has 4 rings (SSSR count). The van der Waals surface area contributed by atoms with E-state index in [-0.39, 0.29) is 0 Å². The lowest BCUT2D eigenvalue weighted by molar-refractivity contribution is 0.137. The van der Waals surface area contributed by atoms with Crippen LogP contribution in [0.2, 0.25) is 0 Å². The first-order valence-electron chi connectivity index (χ1n) is 10.5. The van der Waals surface area contributed by atoms with Crippen molar-refractivity contribution in [2.45, 2.75) is 39.8 Å². The summed E-state index contributed by atoms with van der Waals surface area (Å²) in [5.74, 6) is 2.08. The van der Waals surface area contributed by atoms with Gasteiger partial charge in [-0.25, -0.2) is 15.0 Å². The Morgan fingerprint density at radius 2 is 2.20 bits per heavy atom. The molecular formula is C20H29N9O. The summed E-state index contributed by atoms with van der Waals surface area (Å²) in [7, 11) is 0. The van der Waals surface area contributed by atoms with Gasteiger partial charge in [-0.05, 0) is 26.3 Å². The highest BCUT2D eigenvalue weighted by Crippen LogP contribution is 2.28. The van der Waals surface area contributed by atoms with E-state index in [1.807, 2.05) is 24.6 Å². The van der Waals surface area contributed by atoms with Crippen molar-refractivity contribution >= 4 is 28.6 Å². The van der Waals surface area contributed by atoms with Crippen LogP contribution in [-0.4, -0.2) is 68.6 Å². The van der Waals surface area contributed by atoms with Gasteiger partial charge >= 0.3 is 0 Å². The zero-order valence-corrected chi connectivity index (χ0v) is 17.8. The Morgan fingerprint density at radius 1 is 1.30 bits per heavy atom. The Bertz CT molecular complexity index is 975. The van der Waals surface area contributed by atoms with E-state index in [1.54, 1.807) is 6.20 Å². The van der Waals surface area contributed by atoms with Gasteiger partial charge in [0, 0.05) is 38.5 Å². The first-order valence-corrected chi connectivity index (χ1v) is 10.5. The van der Waals surface area contributed by atoms with E-state index in [0.717, 1.165) is 42.8 Å². The van der Waals surface area contributed by atoms with Crippen molar-refractivity contribution in [1.82, 2.24) is 35.0 Å². The van der Waals surface area contributed by atoms with Gasteiger partial charge in [-0.2, -0.15) is 10.1 Å². The summed E-state index contributed by atoms with van der Waals surface area (Å²) < 4.78 is 7.46. The number of hydrogen-bond donors (Lipinski definition) is 2. The second-order valence-electron chi connectivity index (χ2n) is 7.30. The van der Waals surface area contributed by atoms with Crippen molar-refractivity contribution in [2.24, 2.45) is 0 Å². The Labute approximate surface area is 176 Å². The average molecular weight is 412 g/mol. The first kappa shape index (κ1) is 20.4. The molecule has 1 aliphatic rings. The maximum Gasteiger partial charge on any atom is 0.228 e. The van der Waals surface area contributed by atoms with Crippen LogP contribution in [0.4, 0.5) is 17.6 Å². The van der Waals surface area contributed by atoms with Crippen LogP contribution in [0.3, 0.4) is 0 Å². The van der Waals surface area contributed by atoms with Crippen LogP contribution in [0.5, 0.6) is 0 Å². The van der Waals surface area contributed by atoms with Gasteiger partial charge in [-0.3, -0.25) is 4.68 Å². The SMILES string of the molecule is CCOCCn1nc(C)c2nc(N3CCN[C@@H](CC)C3)nc(Nc3ccncn3)c21. The Kier molecular flexibility index (Phi) is 6.34. The molecule has 0 unspecified atom stereocenters. The minimum Gasteiger partial charge on any atom is -0.380 e. The zero-order chi connectivity index (χ0) is 20.9. The lowest BCUT2D eigenvalue weighted by atomic mass is 10.1. The molecule has 160 valence electrons. The molecule has 4 heterocycles. The van der Waals surface area contributed by atoms with Crippen LogP contribution in [-0.2, 0) is 11.3 Å². The van der Waals surface area contributed by atoms with E-state index in [2.05, 4.69) is 32.4 Å². The number of ether oxygens (including phenoxy) is 1. The maximum absolute atomic E-state index is 5.54. The highest BCUT2D eigenvalue weighted by Gasteiger charge is 2.24. The monoisotopic (exact) mass is 411 g/mol. The van der Waals surface area contributed by atoms with Crippen LogP contribution in [0.25, 0.3) is 11.0 Å². The summed E-state index contributed by atoms with van der Waals surface area (Å²) in [6.07, 6.45) is 4.29. The fraction of sp³-hybridized carbons (Fsp3) is 0.550. The summed E-state index contributed by atoms with van der Waals surface area (Å²) in [4.78, 5) is 20.4. The van der Waals surface area contributed by atoms with Crippen molar-refractivity contribution in [3.05, 3.63) is 24.3 Å². The molecule has 0 spiro atoms. The number of aryl methyl sites for hydroxylation is 1. The molecule has 3 aromatic heterocycles. The first-order chi connectivity index (χ1) is 14.7. The molecule has 0 saturated carbocycles. The third-order valence-corrected chi connectivity index (χ3v) is 5.25. The number of nitrogens with one attached hydrogen (secondary N) is 2. The molecule has 30 heavy (non-hydrogen) atoms. The zero-order valence-electron chi connectivity index (χ0n) is 17.8. The maximum atomic E-state index is 5.54. The van der Waals surface area contributed by atoms with Crippen LogP contribution >= 0.6 is 0 Å². The van der Waals surface area contributed by atoms with Crippen molar-refractivity contribution in [2.75, 3.05) is 43.1 Å². The van der Waals surface area contributed by atoms with Gasteiger partial charge in [-0.1, -0.05) is 6.92 Å². The molecule has 2 N–H and O–H groups in total. The van der Waals surface area contributed by atoms with Crippen molar-refractivity contribution in [3.8, 4) is 0 Å². The molecule has 1 fully saturated rings. The summed E-state index contributed by atoms with van der Waals surface area (Å²) in [6.45, 7) is 10.7. The van der Waals surface area contributed by atoms with Crippen LogP contribution < -0.4 is 15.5 Å². The summed E-state index contributed by atoms with van der Waals surface area (Å²) in [5, 5.41) is 11.6. The third kappa shape index (κ3) is 4.34. The van der Waals surface area contributed by atoms with Gasteiger partial charge in [0.25, 0.3) is 0 Å². The molecule has 0 radical (unpaired) electrons. The van der Waals surface area contributed by atoms with E-state index in [1.165, 1.54) is 6.33 Å². The minimum absolute atomic E-state index is 0.436. The van der Waals surface area contributed by atoms with Gasteiger partial charge in [0.15, 0.2) is 5.82 Å². The summed E-state index contributed by atoms with van der Waals surface area (Å²) in [6, 6.07) is 2.26. The number of fused-ring (bicyclic) bond motifs is 1. The predicted molar refractivity (Wildman–Crippen MR) is 116 cm³/mol. The molecule has 1 aliphatic heterocycles. The number of piperazine rings is 1. The largest absolute Gasteiger partial charge is 0.380 e. The molecule has 3 aromatic rings. The van der Waals surface area contributed by atoms with Gasteiger partial charge < -0.3 is 20.3 Å². The number of anilines is 3. The van der Waals surface area contributed by atoms with Crippen LogP contribution in [0.15, 0.2) is 18.6 Å². The lowest BCUT2D eigenvalue weighted by Crippen LogP contribution is -2.51. The molecule has 0 bridgehead atoms. The highest BCUT2D eigenvalue weighted by atomic mass is 16.5. The number of rotatable bonds is 8. The predicted octanol–water partition coefficient (Wildman–Crippen LogP) is 1.89. The summed E-state index contributed by atoms with van der Waals surface area (Å²) >= 11 is 0. The van der Waals surface area contributed by atoms with E-state index in [0.29, 0.717) is 43.4 Å². The number of nitrogens with zero attached hydrogens (tertiary/aromatic N) is 7. The molecule has 0 amide bonds. The highest BCUT2D eigenvalue weighted by molar-refractivity contribution is 5.90. The summed E-state index contributed by atoms with van der Waals surface area (Å²) in [5.41, 5.74) is 2.58. The normalized spacial score (nSPS) is 16.9. The van der Waals surface area contributed by atoms with Crippen molar-refractivity contribution in [1.29, 1.82) is 0 Å². The van der Waals surface area contributed by atoms with E-state index in [4.69, 9.17) is 19.8 Å². The van der Waals surface area contributed by atoms with Gasteiger partial charge in [0.2, 0.25) is 5.95 Å². The fourth-order valence-corrected chi connectivity index (χ4v) is 3.67. The van der Waals surface area contributed by atoms with Crippen LogP contribution in [0.1, 0.15) is 26.0 Å². The lowest BCUT2D eigenvalue weighted by Gasteiger charge is -2.33. The third-order valence-electron chi connectivity index (χ3n) is 5.25. The van der Waals surface area contributed by atoms with E-state index in [9.17, 15) is 0 Å². The number of hydrogen-bond acceptors (Lipinski definition) is 9. The number of aromatic nitrogens is 6. The molecule has 1 saturated heterocycles. The Balaban J connectivity index is 1.76. The molecule has 0 aromatic carbocycles. The van der Waals surface area contributed by atoms with Crippen molar-refractivity contribution in [3.63, 3.8) is 0 Å². The molecule has 10 heteroatoms. The standard InChI is InChI=1S/C20H29N9O/c1-4-15-12-28(9-8-22-15)20-25-17-14(3)27-29(10-11-30-5-2)18(17)19(26-20)24-16-6-7-21-13-23-16/h6-7,13,15,22H,4-5,8-12H2,1-3H3,(H,21,23,24,25,26)/t15-/m0/s1. The average Bonchev–Trinajstić information content (AvgIpc) is 3.10. The molecule has 10 nitrogen and oxygen atoms in total. The smallest absolute Gasteiger partial charge is 0.228 e. The van der Waals surface area contributed by atoms with Gasteiger partial charge in [-0.15, -0.1) is 0 Å².